The molecule has 4 nitrogen and oxygen atoms in total. The molecule has 1 aromatic carbocycles. The van der Waals surface area contributed by atoms with Crippen LogP contribution in [0.2, 0.25) is 0 Å². The Morgan fingerprint density at radius 1 is 1.13 bits per heavy atom. The molecule has 0 aliphatic rings. The van der Waals surface area contributed by atoms with E-state index in [0.29, 0.717) is 6.61 Å². The molecule has 1 rings (SSSR count). The molecule has 0 atom stereocenters. The van der Waals surface area contributed by atoms with Crippen LogP contribution in [0.1, 0.15) is 51.0 Å². The van der Waals surface area contributed by atoms with E-state index < -0.39 is 17.5 Å². The number of nitro benzene ring substituents is 1. The summed E-state index contributed by atoms with van der Waals surface area (Å²) in [6.07, 6.45) is 0.598. The lowest BCUT2D eigenvalue weighted by Crippen LogP contribution is -2.13. The maximum atomic E-state index is 12.6. The molecule has 0 aromatic heterocycles. The van der Waals surface area contributed by atoms with Crippen LogP contribution in [0.5, 0.6) is 5.75 Å². The molecule has 0 radical (unpaired) electrons. The highest BCUT2D eigenvalue weighted by atomic mass is 19.4. The van der Waals surface area contributed by atoms with E-state index in [4.69, 9.17) is 4.74 Å². The molecule has 0 saturated carbocycles. The predicted molar refractivity (Wildman–Crippen MR) is 81.7 cm³/mol. The van der Waals surface area contributed by atoms with Crippen LogP contribution in [0.3, 0.4) is 0 Å². The van der Waals surface area contributed by atoms with Crippen LogP contribution < -0.4 is 4.74 Å². The summed E-state index contributed by atoms with van der Waals surface area (Å²) in [6.45, 7) is 2.44. The van der Waals surface area contributed by atoms with Gasteiger partial charge in [0.1, 0.15) is 5.75 Å². The minimum absolute atomic E-state index is 0.0708. The van der Waals surface area contributed by atoms with E-state index in [1.54, 1.807) is 0 Å². The van der Waals surface area contributed by atoms with E-state index in [0.717, 1.165) is 44.2 Å². The number of nitrogens with zero attached hydrogens (tertiary/aromatic N) is 1. The van der Waals surface area contributed by atoms with Crippen molar-refractivity contribution < 1.29 is 22.8 Å². The molecule has 0 bridgehead atoms. The van der Waals surface area contributed by atoms with E-state index in [2.05, 4.69) is 6.92 Å². The number of halogens is 3. The number of rotatable bonds is 10. The van der Waals surface area contributed by atoms with Gasteiger partial charge in [0.25, 0.3) is 5.69 Å². The SMILES string of the molecule is CCCCCCCCOc1ccc([N+](=O)[O-])cc1CC(F)(F)F. The van der Waals surface area contributed by atoms with Gasteiger partial charge in [0.2, 0.25) is 0 Å². The molecular weight excluding hydrogens is 311 g/mol. The number of unbranched alkanes of at least 4 members (excludes halogenated alkanes) is 5. The first-order chi connectivity index (χ1) is 10.8. The van der Waals surface area contributed by atoms with Crippen molar-refractivity contribution in [1.82, 2.24) is 0 Å². The van der Waals surface area contributed by atoms with Crippen LogP contribution in [0.15, 0.2) is 18.2 Å². The standard InChI is InChI=1S/C16H22F3NO3/c1-2-3-4-5-6-7-10-23-15-9-8-14(20(21)22)11-13(15)12-16(17,18)19/h8-9,11H,2-7,10,12H2,1H3. The molecular formula is C16H22F3NO3. The highest BCUT2D eigenvalue weighted by molar-refractivity contribution is 5.44. The van der Waals surface area contributed by atoms with Gasteiger partial charge in [0, 0.05) is 17.7 Å². The molecule has 0 aliphatic carbocycles. The monoisotopic (exact) mass is 333 g/mol. The first-order valence-corrected chi connectivity index (χ1v) is 7.80. The Kier molecular flexibility index (Phi) is 7.85. The third kappa shape index (κ3) is 7.85. The van der Waals surface area contributed by atoms with Gasteiger partial charge in [-0.1, -0.05) is 39.0 Å². The second kappa shape index (κ2) is 9.37. The highest BCUT2D eigenvalue weighted by Gasteiger charge is 2.30. The second-order valence-corrected chi connectivity index (χ2v) is 5.46. The Bertz CT molecular complexity index is 504. The summed E-state index contributed by atoms with van der Waals surface area (Å²) in [6, 6.07) is 3.34. The molecule has 0 N–H and O–H groups in total. The number of non-ortho nitro benzene ring substituents is 1. The van der Waals surface area contributed by atoms with Gasteiger partial charge >= 0.3 is 6.18 Å². The van der Waals surface area contributed by atoms with Gasteiger partial charge in [-0.2, -0.15) is 13.2 Å². The van der Waals surface area contributed by atoms with E-state index in [1.807, 2.05) is 0 Å². The van der Waals surface area contributed by atoms with Gasteiger partial charge in [-0.25, -0.2) is 0 Å². The average molecular weight is 333 g/mol. The number of benzene rings is 1. The second-order valence-electron chi connectivity index (χ2n) is 5.46. The van der Waals surface area contributed by atoms with Crippen LogP contribution in [0.25, 0.3) is 0 Å². The molecule has 0 heterocycles. The van der Waals surface area contributed by atoms with E-state index in [9.17, 15) is 23.3 Å². The van der Waals surface area contributed by atoms with Gasteiger partial charge < -0.3 is 4.74 Å². The first kappa shape index (κ1) is 19.3. The fourth-order valence-corrected chi connectivity index (χ4v) is 2.24. The Balaban J connectivity index is 2.60. The summed E-state index contributed by atoms with van der Waals surface area (Å²) in [7, 11) is 0. The van der Waals surface area contributed by atoms with Crippen molar-refractivity contribution in [2.45, 2.75) is 58.0 Å². The van der Waals surface area contributed by atoms with Gasteiger partial charge in [0.05, 0.1) is 18.0 Å². The van der Waals surface area contributed by atoms with E-state index >= 15 is 0 Å². The average Bonchev–Trinajstić information content (AvgIpc) is 2.45. The van der Waals surface area contributed by atoms with Gasteiger partial charge in [-0.05, 0) is 12.5 Å². The van der Waals surface area contributed by atoms with Crippen molar-refractivity contribution in [2.75, 3.05) is 6.61 Å². The molecule has 7 heteroatoms. The summed E-state index contributed by atoms with van der Waals surface area (Å²) in [4.78, 5) is 9.99. The molecule has 0 aliphatic heterocycles. The van der Waals surface area contributed by atoms with Crippen LogP contribution in [0, 0.1) is 10.1 Å². The van der Waals surface area contributed by atoms with Gasteiger partial charge in [-0.15, -0.1) is 0 Å². The maximum absolute atomic E-state index is 12.6. The predicted octanol–water partition coefficient (Wildman–Crippen LogP) is 5.44. The molecule has 0 unspecified atom stereocenters. The molecule has 0 spiro atoms. The van der Waals surface area contributed by atoms with Gasteiger partial charge in [-0.3, -0.25) is 10.1 Å². The Morgan fingerprint density at radius 2 is 1.78 bits per heavy atom. The topological polar surface area (TPSA) is 52.4 Å². The van der Waals surface area contributed by atoms with E-state index in [1.165, 1.54) is 12.5 Å². The van der Waals surface area contributed by atoms with Crippen molar-refractivity contribution >= 4 is 5.69 Å². The quantitative estimate of drug-likeness (QED) is 0.325. The number of ether oxygens (including phenoxy) is 1. The zero-order valence-corrected chi connectivity index (χ0v) is 13.2. The zero-order chi connectivity index (χ0) is 17.3. The fraction of sp³-hybridized carbons (Fsp3) is 0.625. The Labute approximate surface area is 133 Å². The maximum Gasteiger partial charge on any atom is 0.393 e. The minimum atomic E-state index is -4.44. The lowest BCUT2D eigenvalue weighted by Gasteiger charge is -2.13. The lowest BCUT2D eigenvalue weighted by molar-refractivity contribution is -0.385. The Morgan fingerprint density at radius 3 is 2.39 bits per heavy atom. The summed E-state index contributed by atoms with van der Waals surface area (Å²) in [5.41, 5.74) is -0.561. The lowest BCUT2D eigenvalue weighted by atomic mass is 10.1. The minimum Gasteiger partial charge on any atom is -0.493 e. The van der Waals surface area contributed by atoms with Crippen LogP contribution in [-0.4, -0.2) is 17.7 Å². The van der Waals surface area contributed by atoms with Crippen molar-refractivity contribution in [2.24, 2.45) is 0 Å². The normalized spacial score (nSPS) is 11.5. The number of nitro groups is 1. The van der Waals surface area contributed by atoms with Crippen molar-refractivity contribution in [3.63, 3.8) is 0 Å². The third-order valence-corrected chi connectivity index (χ3v) is 3.40. The molecule has 130 valence electrons. The molecule has 1 aromatic rings. The van der Waals surface area contributed by atoms with Crippen molar-refractivity contribution in [3.05, 3.63) is 33.9 Å². The summed E-state index contributed by atoms with van der Waals surface area (Å²) in [5.74, 6) is 0.0708. The van der Waals surface area contributed by atoms with Crippen LogP contribution >= 0.6 is 0 Å². The van der Waals surface area contributed by atoms with E-state index in [-0.39, 0.29) is 17.0 Å². The summed E-state index contributed by atoms with van der Waals surface area (Å²) >= 11 is 0. The number of alkyl halides is 3. The largest absolute Gasteiger partial charge is 0.493 e. The Hall–Kier alpha value is -1.79. The smallest absolute Gasteiger partial charge is 0.393 e. The molecule has 23 heavy (non-hydrogen) atoms. The van der Waals surface area contributed by atoms with Gasteiger partial charge in [0.15, 0.2) is 0 Å². The highest BCUT2D eigenvalue weighted by Crippen LogP contribution is 2.30. The van der Waals surface area contributed by atoms with Crippen molar-refractivity contribution in [1.29, 1.82) is 0 Å². The summed E-state index contributed by atoms with van der Waals surface area (Å²) < 4.78 is 43.2. The molecule has 0 fully saturated rings. The zero-order valence-electron chi connectivity index (χ0n) is 13.2. The fourth-order valence-electron chi connectivity index (χ4n) is 2.24. The van der Waals surface area contributed by atoms with Crippen LogP contribution in [0.4, 0.5) is 18.9 Å². The third-order valence-electron chi connectivity index (χ3n) is 3.40. The first-order valence-electron chi connectivity index (χ1n) is 7.80. The number of hydrogen-bond acceptors (Lipinski definition) is 3. The molecule has 0 amide bonds. The summed E-state index contributed by atoms with van der Waals surface area (Å²) in [5, 5.41) is 10.7. The van der Waals surface area contributed by atoms with Crippen LogP contribution in [-0.2, 0) is 6.42 Å². The van der Waals surface area contributed by atoms with Crippen molar-refractivity contribution in [3.8, 4) is 5.75 Å². The number of hydrogen-bond donors (Lipinski definition) is 0. The molecule has 0 saturated heterocycles.